The molecule has 0 aliphatic carbocycles. The van der Waals surface area contributed by atoms with Gasteiger partial charge in [0.05, 0.1) is 0 Å². The molecule has 0 saturated carbocycles. The normalized spacial score (nSPS) is 12.8. The number of hydrogen-bond donors (Lipinski definition) is 0. The molecule has 0 radical (unpaired) electrons. The molecule has 0 heterocycles. The Bertz CT molecular complexity index is 1020. The van der Waals surface area contributed by atoms with Crippen molar-refractivity contribution in [3.63, 3.8) is 0 Å². The minimum absolute atomic E-state index is 0.102. The van der Waals surface area contributed by atoms with Crippen molar-refractivity contribution >= 4 is 17.9 Å². The van der Waals surface area contributed by atoms with E-state index in [-0.39, 0.29) is 31.1 Å². The first-order valence-electron chi connectivity index (χ1n) is 20.9. The average molecular weight is 725 g/mol. The molecule has 0 saturated heterocycles. The van der Waals surface area contributed by atoms with Crippen LogP contribution < -0.4 is 0 Å². The number of unbranched alkanes of at least 4 members (excludes halogenated alkanes) is 13. The lowest BCUT2D eigenvalue weighted by molar-refractivity contribution is -0.167. The monoisotopic (exact) mass is 725 g/mol. The summed E-state index contributed by atoms with van der Waals surface area (Å²) in [7, 11) is 0. The van der Waals surface area contributed by atoms with Gasteiger partial charge in [0.2, 0.25) is 0 Å². The lowest BCUT2D eigenvalue weighted by atomic mass is 10.1. The van der Waals surface area contributed by atoms with Gasteiger partial charge in [0, 0.05) is 19.3 Å². The summed E-state index contributed by atoms with van der Waals surface area (Å²) in [4.78, 5) is 37.5. The van der Waals surface area contributed by atoms with E-state index in [1.54, 1.807) is 0 Å². The zero-order chi connectivity index (χ0) is 38.0. The van der Waals surface area contributed by atoms with E-state index in [1.807, 2.05) is 0 Å². The molecule has 6 nitrogen and oxygen atoms in total. The summed E-state index contributed by atoms with van der Waals surface area (Å²) in [5, 5.41) is 0. The van der Waals surface area contributed by atoms with Crippen molar-refractivity contribution in [1.82, 2.24) is 0 Å². The van der Waals surface area contributed by atoms with E-state index >= 15 is 0 Å². The molecule has 6 heteroatoms. The lowest BCUT2D eigenvalue weighted by Gasteiger charge is -2.18. The molecule has 1 unspecified atom stereocenters. The molecule has 0 N–H and O–H groups in total. The van der Waals surface area contributed by atoms with Crippen molar-refractivity contribution in [3.05, 3.63) is 72.9 Å². The Morgan fingerprint density at radius 1 is 0.404 bits per heavy atom. The largest absolute Gasteiger partial charge is 0.462 e. The molecule has 0 aliphatic heterocycles. The highest BCUT2D eigenvalue weighted by molar-refractivity contribution is 5.71. The van der Waals surface area contributed by atoms with Gasteiger partial charge in [-0.3, -0.25) is 14.4 Å². The maximum Gasteiger partial charge on any atom is 0.306 e. The van der Waals surface area contributed by atoms with Crippen LogP contribution in [0, 0.1) is 0 Å². The topological polar surface area (TPSA) is 78.9 Å². The van der Waals surface area contributed by atoms with E-state index in [0.29, 0.717) is 19.3 Å². The Labute approximate surface area is 319 Å². The van der Waals surface area contributed by atoms with Crippen molar-refractivity contribution < 1.29 is 28.6 Å². The van der Waals surface area contributed by atoms with Gasteiger partial charge in [0.25, 0.3) is 0 Å². The second kappa shape index (κ2) is 40.6. The van der Waals surface area contributed by atoms with Gasteiger partial charge in [0.1, 0.15) is 13.2 Å². The van der Waals surface area contributed by atoms with Gasteiger partial charge in [-0.25, -0.2) is 0 Å². The van der Waals surface area contributed by atoms with Crippen LogP contribution in [0.5, 0.6) is 0 Å². The van der Waals surface area contributed by atoms with Crippen molar-refractivity contribution in [2.45, 2.75) is 187 Å². The maximum atomic E-state index is 12.6. The van der Waals surface area contributed by atoms with Crippen LogP contribution in [-0.4, -0.2) is 37.2 Å². The molecular formula is C46H76O6. The smallest absolute Gasteiger partial charge is 0.306 e. The van der Waals surface area contributed by atoms with Crippen LogP contribution in [0.2, 0.25) is 0 Å². The molecule has 0 aromatic heterocycles. The van der Waals surface area contributed by atoms with E-state index in [2.05, 4.69) is 93.7 Å². The first-order valence-corrected chi connectivity index (χ1v) is 20.9. The first kappa shape index (κ1) is 48.9. The van der Waals surface area contributed by atoms with Crippen LogP contribution in [0.3, 0.4) is 0 Å². The van der Waals surface area contributed by atoms with E-state index in [9.17, 15) is 14.4 Å². The van der Waals surface area contributed by atoms with Gasteiger partial charge in [-0.2, -0.15) is 0 Å². The van der Waals surface area contributed by atoms with Crippen LogP contribution in [0.4, 0.5) is 0 Å². The molecule has 0 amide bonds. The second-order valence-corrected chi connectivity index (χ2v) is 13.5. The predicted octanol–water partition coefficient (Wildman–Crippen LogP) is 13.1. The van der Waals surface area contributed by atoms with E-state index in [4.69, 9.17) is 14.2 Å². The Morgan fingerprint density at radius 2 is 0.750 bits per heavy atom. The van der Waals surface area contributed by atoms with E-state index < -0.39 is 6.10 Å². The third-order valence-electron chi connectivity index (χ3n) is 8.43. The lowest BCUT2D eigenvalue weighted by Crippen LogP contribution is -2.30. The molecule has 0 rings (SSSR count). The minimum atomic E-state index is -0.798. The minimum Gasteiger partial charge on any atom is -0.462 e. The Hall–Kier alpha value is -3.15. The fourth-order valence-electron chi connectivity index (χ4n) is 5.30. The first-order chi connectivity index (χ1) is 25.5. The number of esters is 3. The predicted molar refractivity (Wildman–Crippen MR) is 219 cm³/mol. The maximum absolute atomic E-state index is 12.6. The molecule has 1 atom stereocenters. The number of allylic oxidation sites excluding steroid dienone is 12. The van der Waals surface area contributed by atoms with E-state index in [1.165, 1.54) is 25.7 Å². The third kappa shape index (κ3) is 38.1. The summed E-state index contributed by atoms with van der Waals surface area (Å²) in [5.41, 5.74) is 0. The van der Waals surface area contributed by atoms with Gasteiger partial charge in [-0.05, 0) is 96.3 Å². The molecule has 0 bridgehead atoms. The van der Waals surface area contributed by atoms with Gasteiger partial charge >= 0.3 is 17.9 Å². The molecule has 296 valence electrons. The molecule has 0 aliphatic rings. The quantitative estimate of drug-likeness (QED) is 0.0277. The van der Waals surface area contributed by atoms with Gasteiger partial charge in [-0.1, -0.05) is 139 Å². The number of carbonyl (C=O) groups excluding carboxylic acids is 3. The van der Waals surface area contributed by atoms with Crippen LogP contribution in [0.1, 0.15) is 181 Å². The number of carbonyl (C=O) groups is 3. The second-order valence-electron chi connectivity index (χ2n) is 13.5. The molecule has 0 aromatic rings. The van der Waals surface area contributed by atoms with Crippen LogP contribution in [0.25, 0.3) is 0 Å². The SMILES string of the molecule is CC/C=C\C/C=C\C/C=C\CCCCCCC(=O)OCC(COC(=O)CCCC/C=C\C/C=C\CC)OC(=O)CCCCCCC/C=C\CCCC. The molecule has 0 aromatic carbocycles. The third-order valence-corrected chi connectivity index (χ3v) is 8.43. The Balaban J connectivity index is 4.46. The number of rotatable bonds is 36. The summed E-state index contributed by atoms with van der Waals surface area (Å²) in [5.74, 6) is -0.981. The van der Waals surface area contributed by atoms with Crippen molar-refractivity contribution in [2.24, 2.45) is 0 Å². The van der Waals surface area contributed by atoms with Gasteiger partial charge in [-0.15, -0.1) is 0 Å². The highest BCUT2D eigenvalue weighted by atomic mass is 16.6. The van der Waals surface area contributed by atoms with E-state index in [0.717, 1.165) is 116 Å². The summed E-state index contributed by atoms with van der Waals surface area (Å²) in [6, 6.07) is 0. The van der Waals surface area contributed by atoms with Crippen LogP contribution in [0.15, 0.2) is 72.9 Å². The highest BCUT2D eigenvalue weighted by Gasteiger charge is 2.19. The van der Waals surface area contributed by atoms with Gasteiger partial charge < -0.3 is 14.2 Å². The zero-order valence-corrected chi connectivity index (χ0v) is 33.5. The fraction of sp³-hybridized carbons (Fsp3) is 0.674. The van der Waals surface area contributed by atoms with Crippen LogP contribution in [-0.2, 0) is 28.6 Å². The molecule has 0 spiro atoms. The van der Waals surface area contributed by atoms with Crippen molar-refractivity contribution in [2.75, 3.05) is 13.2 Å². The highest BCUT2D eigenvalue weighted by Crippen LogP contribution is 2.12. The summed E-state index contributed by atoms with van der Waals surface area (Å²) in [6.07, 6.45) is 49.0. The standard InChI is InChI=1S/C46H76O6/c1-4-7-10-13-16-19-21-22-23-25-27-30-33-36-39-45(48)51-42-43(41-50-44(47)38-35-32-29-26-18-15-12-9-6-3)52-46(49)40-37-34-31-28-24-20-17-14-11-8-5-2/h7,9-10,12,14,16-19,22-23,26,43H,4-6,8,11,13,15,20-21,24-25,27-42H2,1-3H3/b10-7-,12-9-,17-14-,19-16-,23-22-,26-18-. The fourth-order valence-corrected chi connectivity index (χ4v) is 5.30. The average Bonchev–Trinajstić information content (AvgIpc) is 3.14. The van der Waals surface area contributed by atoms with Gasteiger partial charge in [0.15, 0.2) is 6.10 Å². The number of hydrogen-bond acceptors (Lipinski definition) is 6. The summed E-state index contributed by atoms with van der Waals surface area (Å²) >= 11 is 0. The van der Waals surface area contributed by atoms with Crippen LogP contribution >= 0.6 is 0 Å². The summed E-state index contributed by atoms with van der Waals surface area (Å²) in [6.45, 7) is 6.27. The molecule has 0 fully saturated rings. The Kier molecular flexibility index (Phi) is 38.2. The molecule has 52 heavy (non-hydrogen) atoms. The Morgan fingerprint density at radius 3 is 1.23 bits per heavy atom. The zero-order valence-electron chi connectivity index (χ0n) is 33.5. The van der Waals surface area contributed by atoms with Crippen molar-refractivity contribution in [3.8, 4) is 0 Å². The summed E-state index contributed by atoms with van der Waals surface area (Å²) < 4.78 is 16.6. The molecular weight excluding hydrogens is 648 g/mol. The van der Waals surface area contributed by atoms with Crippen molar-refractivity contribution in [1.29, 1.82) is 0 Å². The number of ether oxygens (including phenoxy) is 3.